The Bertz CT molecular complexity index is 566. The molecule has 2 bridgehead atoms. The first-order valence-corrected chi connectivity index (χ1v) is 11.6. The minimum absolute atomic E-state index is 0.180. The van der Waals surface area contributed by atoms with E-state index < -0.39 is 43.4 Å². The van der Waals surface area contributed by atoms with Crippen LogP contribution in [0.2, 0.25) is 16.6 Å². The molecule has 1 saturated heterocycles. The van der Waals surface area contributed by atoms with Crippen LogP contribution in [0.15, 0.2) is 11.8 Å². The van der Waals surface area contributed by atoms with E-state index in [-0.39, 0.29) is 6.61 Å². The zero-order valence-corrected chi connectivity index (χ0v) is 17.7. The Kier molecular flexibility index (Phi) is 6.17. The normalized spacial score (nSPS) is 28.0. The van der Waals surface area contributed by atoms with Gasteiger partial charge in [-0.2, -0.15) is 0 Å². The summed E-state index contributed by atoms with van der Waals surface area (Å²) in [6, 6.07) is -1.11. The first kappa shape index (κ1) is 20.9. The lowest BCUT2D eigenvalue weighted by atomic mass is 9.88. The zero-order valence-electron chi connectivity index (χ0n) is 16.7. The fourth-order valence-corrected chi connectivity index (χ4v) is 10.1. The van der Waals surface area contributed by atoms with Gasteiger partial charge in [0.2, 0.25) is 0 Å². The Morgan fingerprint density at radius 1 is 1.23 bits per heavy atom. The molecule has 2 aliphatic rings. The number of fused-ring (bicyclic) bond motifs is 2. The highest BCUT2D eigenvalue weighted by atomic mass is 28.4. The molecule has 4 unspecified atom stereocenters. The van der Waals surface area contributed by atoms with Gasteiger partial charge in [-0.15, -0.1) is 0 Å². The molecule has 26 heavy (non-hydrogen) atoms. The summed E-state index contributed by atoms with van der Waals surface area (Å²) in [5.41, 5.74) is 1.07. The minimum Gasteiger partial charge on any atom is -0.544 e. The molecule has 0 aliphatic carbocycles. The van der Waals surface area contributed by atoms with Crippen LogP contribution in [0.3, 0.4) is 0 Å². The highest BCUT2D eigenvalue weighted by Crippen LogP contribution is 2.48. The molecule has 0 saturated carbocycles. The van der Waals surface area contributed by atoms with Crippen LogP contribution in [-0.2, 0) is 18.7 Å². The fraction of sp³-hybridized carbons (Fsp3) is 0.833. The number of nitrogens with zero attached hydrogens (tertiary/aromatic N) is 1. The highest BCUT2D eigenvalue weighted by Gasteiger charge is 2.62. The van der Waals surface area contributed by atoms with Gasteiger partial charge in [-0.3, -0.25) is 14.9 Å². The van der Waals surface area contributed by atoms with E-state index in [1.807, 2.05) is 0 Å². The van der Waals surface area contributed by atoms with Crippen molar-refractivity contribution in [2.24, 2.45) is 5.92 Å². The molecule has 0 aromatic heterocycles. The van der Waals surface area contributed by atoms with Gasteiger partial charge in [0.05, 0.1) is 6.61 Å². The van der Waals surface area contributed by atoms with Gasteiger partial charge in [0.1, 0.15) is 18.0 Å². The molecule has 0 spiro atoms. The first-order valence-electron chi connectivity index (χ1n) is 9.44. The standard InChI is InChI=1S/C18H31NO6Si/c1-8-23-18(20)15-16(19(21)22)13-9-14(17(15)24-13)25-26(10(2)3,11(4)5)12(6)7/h9-13,15-17H,8H2,1-7H3. The summed E-state index contributed by atoms with van der Waals surface area (Å²) in [5, 5.41) is 11.5. The molecular formula is C18H31NO6Si. The molecule has 7 nitrogen and oxygen atoms in total. The fourth-order valence-electron chi connectivity index (χ4n) is 4.76. The highest BCUT2D eigenvalue weighted by molar-refractivity contribution is 6.77. The summed E-state index contributed by atoms with van der Waals surface area (Å²) >= 11 is 0. The molecule has 148 valence electrons. The Morgan fingerprint density at radius 2 is 1.77 bits per heavy atom. The van der Waals surface area contributed by atoms with Crippen LogP contribution in [0.5, 0.6) is 0 Å². The maximum Gasteiger partial charge on any atom is 0.319 e. The molecule has 0 aromatic rings. The Labute approximate surface area is 156 Å². The predicted molar refractivity (Wildman–Crippen MR) is 99.8 cm³/mol. The third-order valence-corrected chi connectivity index (χ3v) is 11.8. The van der Waals surface area contributed by atoms with Crippen molar-refractivity contribution >= 4 is 14.3 Å². The number of esters is 1. The summed E-state index contributed by atoms with van der Waals surface area (Å²) in [4.78, 5) is 23.4. The largest absolute Gasteiger partial charge is 0.544 e. The molecule has 4 atom stereocenters. The van der Waals surface area contributed by atoms with Gasteiger partial charge < -0.3 is 13.9 Å². The van der Waals surface area contributed by atoms with Crippen LogP contribution >= 0.6 is 0 Å². The van der Waals surface area contributed by atoms with Crippen LogP contribution < -0.4 is 0 Å². The molecular weight excluding hydrogens is 354 g/mol. The van der Waals surface area contributed by atoms with Crippen LogP contribution in [0.1, 0.15) is 48.5 Å². The van der Waals surface area contributed by atoms with Gasteiger partial charge in [-0.25, -0.2) is 0 Å². The molecule has 0 radical (unpaired) electrons. The Balaban J connectivity index is 2.37. The molecule has 2 rings (SSSR count). The quantitative estimate of drug-likeness (QED) is 0.274. The Hall–Kier alpha value is -1.41. The summed E-state index contributed by atoms with van der Waals surface area (Å²) in [7, 11) is -2.23. The molecule has 2 heterocycles. The second kappa shape index (κ2) is 7.68. The number of rotatable bonds is 8. The maximum absolute atomic E-state index is 12.4. The SMILES string of the molecule is CCOC(=O)C1C2OC(C=C2O[Si](C(C)C)(C(C)C)C(C)C)C1[N+](=O)[O-]. The second-order valence-corrected chi connectivity index (χ2v) is 13.4. The van der Waals surface area contributed by atoms with Crippen molar-refractivity contribution in [3.63, 3.8) is 0 Å². The molecule has 2 aliphatic heterocycles. The van der Waals surface area contributed by atoms with E-state index in [2.05, 4.69) is 41.5 Å². The number of ether oxygens (including phenoxy) is 2. The van der Waals surface area contributed by atoms with Crippen molar-refractivity contribution in [2.45, 2.75) is 83.3 Å². The molecule has 0 amide bonds. The van der Waals surface area contributed by atoms with Crippen molar-refractivity contribution < 1.29 is 23.6 Å². The van der Waals surface area contributed by atoms with E-state index in [1.54, 1.807) is 13.0 Å². The first-order chi connectivity index (χ1) is 12.1. The number of hydrogen-bond acceptors (Lipinski definition) is 6. The van der Waals surface area contributed by atoms with E-state index in [0.29, 0.717) is 22.4 Å². The van der Waals surface area contributed by atoms with Gasteiger partial charge in [-0.1, -0.05) is 41.5 Å². The summed E-state index contributed by atoms with van der Waals surface area (Å²) in [5.74, 6) is -0.941. The van der Waals surface area contributed by atoms with E-state index in [1.165, 1.54) is 0 Å². The number of carbonyl (C=O) groups excluding carboxylic acids is 1. The van der Waals surface area contributed by atoms with Crippen molar-refractivity contribution in [2.75, 3.05) is 6.61 Å². The summed E-state index contributed by atoms with van der Waals surface area (Å²) in [6.07, 6.45) is 0.248. The average Bonchev–Trinajstić information content (AvgIpc) is 3.09. The van der Waals surface area contributed by atoms with Gasteiger partial charge in [0.15, 0.2) is 5.92 Å². The summed E-state index contributed by atoms with van der Waals surface area (Å²) in [6.45, 7) is 14.9. The molecule has 0 aromatic carbocycles. The Morgan fingerprint density at radius 3 is 2.19 bits per heavy atom. The lowest BCUT2D eigenvalue weighted by Crippen LogP contribution is -2.50. The molecule has 8 heteroatoms. The smallest absolute Gasteiger partial charge is 0.319 e. The van der Waals surface area contributed by atoms with Gasteiger partial charge in [0.25, 0.3) is 14.4 Å². The van der Waals surface area contributed by atoms with Crippen molar-refractivity contribution in [1.82, 2.24) is 0 Å². The van der Waals surface area contributed by atoms with E-state index in [9.17, 15) is 14.9 Å². The lowest BCUT2D eigenvalue weighted by molar-refractivity contribution is -0.530. The average molecular weight is 386 g/mol. The number of carbonyl (C=O) groups is 1. The minimum atomic E-state index is -2.23. The van der Waals surface area contributed by atoms with E-state index in [4.69, 9.17) is 13.9 Å². The van der Waals surface area contributed by atoms with Crippen LogP contribution in [0.25, 0.3) is 0 Å². The predicted octanol–water partition coefficient (Wildman–Crippen LogP) is 3.67. The topological polar surface area (TPSA) is 87.9 Å². The van der Waals surface area contributed by atoms with Gasteiger partial charge >= 0.3 is 5.97 Å². The third kappa shape index (κ3) is 3.29. The molecule has 1 fully saturated rings. The summed E-state index contributed by atoms with van der Waals surface area (Å²) < 4.78 is 17.5. The number of nitro groups is 1. The lowest BCUT2D eigenvalue weighted by Gasteiger charge is -2.43. The second-order valence-electron chi connectivity index (χ2n) is 8.06. The molecule has 0 N–H and O–H groups in total. The third-order valence-electron chi connectivity index (χ3n) is 5.75. The van der Waals surface area contributed by atoms with E-state index >= 15 is 0 Å². The zero-order chi connectivity index (χ0) is 19.8. The monoisotopic (exact) mass is 385 g/mol. The van der Waals surface area contributed by atoms with Crippen LogP contribution in [0.4, 0.5) is 0 Å². The van der Waals surface area contributed by atoms with Crippen molar-refractivity contribution in [3.8, 4) is 0 Å². The van der Waals surface area contributed by atoms with Gasteiger partial charge in [0, 0.05) is 4.92 Å². The van der Waals surface area contributed by atoms with Crippen LogP contribution in [-0.4, -0.2) is 44.1 Å². The van der Waals surface area contributed by atoms with Gasteiger partial charge in [-0.05, 0) is 29.6 Å². The van der Waals surface area contributed by atoms with E-state index in [0.717, 1.165) is 0 Å². The number of hydrogen-bond donors (Lipinski definition) is 0. The van der Waals surface area contributed by atoms with Crippen molar-refractivity contribution in [1.29, 1.82) is 0 Å². The van der Waals surface area contributed by atoms with Crippen molar-refractivity contribution in [3.05, 3.63) is 21.9 Å². The van der Waals surface area contributed by atoms with Crippen LogP contribution in [0, 0.1) is 16.0 Å². The maximum atomic E-state index is 12.4.